The zero-order chi connectivity index (χ0) is 13.6. The fourth-order valence-corrected chi connectivity index (χ4v) is 3.16. The summed E-state index contributed by atoms with van der Waals surface area (Å²) < 4.78 is 32.8. The minimum Gasteiger partial charge on any atom is -0.378 e. The normalized spacial score (nSPS) is 29.4. The van der Waals surface area contributed by atoms with Crippen molar-refractivity contribution in [2.75, 3.05) is 12.4 Å². The standard InChI is InChI=1S/C12H23ClO4S/c1-10-8-12(9-11(2)17-10)16-6-4-3-5-7-18(13,14)15/h10-12H,3-9H2,1-2H3. The highest BCUT2D eigenvalue weighted by Crippen LogP contribution is 2.21. The molecule has 1 heterocycles. The average Bonchev–Trinajstić information content (AvgIpc) is 2.20. The second-order valence-corrected chi connectivity index (χ2v) is 7.92. The minimum atomic E-state index is -3.33. The Labute approximate surface area is 114 Å². The van der Waals surface area contributed by atoms with Crippen molar-refractivity contribution >= 4 is 19.7 Å². The summed E-state index contributed by atoms with van der Waals surface area (Å²) in [5.74, 6) is 0.0554. The van der Waals surface area contributed by atoms with E-state index in [1.807, 2.05) is 0 Å². The van der Waals surface area contributed by atoms with E-state index in [2.05, 4.69) is 13.8 Å². The first-order valence-corrected chi connectivity index (χ1v) is 9.04. The van der Waals surface area contributed by atoms with Crippen molar-refractivity contribution < 1.29 is 17.9 Å². The Morgan fingerprint density at radius 2 is 1.78 bits per heavy atom. The van der Waals surface area contributed by atoms with Crippen molar-refractivity contribution in [2.24, 2.45) is 0 Å². The van der Waals surface area contributed by atoms with Crippen LogP contribution in [0.2, 0.25) is 0 Å². The number of hydrogen-bond acceptors (Lipinski definition) is 4. The van der Waals surface area contributed by atoms with Crippen LogP contribution in [-0.4, -0.2) is 39.1 Å². The van der Waals surface area contributed by atoms with Gasteiger partial charge in [0, 0.05) is 17.3 Å². The predicted octanol–water partition coefficient (Wildman–Crippen LogP) is 2.70. The van der Waals surface area contributed by atoms with Gasteiger partial charge in [-0.25, -0.2) is 8.42 Å². The Balaban J connectivity index is 2.04. The molecule has 0 aromatic carbocycles. The van der Waals surface area contributed by atoms with E-state index < -0.39 is 9.05 Å². The molecule has 0 spiro atoms. The Hall–Kier alpha value is 0.160. The highest BCUT2D eigenvalue weighted by molar-refractivity contribution is 8.13. The lowest BCUT2D eigenvalue weighted by Gasteiger charge is -2.32. The number of rotatable bonds is 7. The number of unbranched alkanes of at least 4 members (excludes halogenated alkanes) is 2. The van der Waals surface area contributed by atoms with Gasteiger partial charge >= 0.3 is 0 Å². The molecular weight excluding hydrogens is 276 g/mol. The third-order valence-corrected chi connectivity index (χ3v) is 4.28. The maximum Gasteiger partial charge on any atom is 0.232 e. The number of halogens is 1. The van der Waals surface area contributed by atoms with Gasteiger partial charge in [0.15, 0.2) is 0 Å². The first-order chi connectivity index (χ1) is 8.37. The van der Waals surface area contributed by atoms with E-state index >= 15 is 0 Å². The topological polar surface area (TPSA) is 52.6 Å². The van der Waals surface area contributed by atoms with Crippen LogP contribution in [0.3, 0.4) is 0 Å². The van der Waals surface area contributed by atoms with Crippen molar-refractivity contribution in [3.63, 3.8) is 0 Å². The summed E-state index contributed by atoms with van der Waals surface area (Å²) in [6.07, 6.45) is 5.02. The Bertz CT molecular complexity index is 321. The molecule has 1 rings (SSSR count). The average molecular weight is 299 g/mol. The van der Waals surface area contributed by atoms with E-state index in [9.17, 15) is 8.42 Å². The molecule has 0 saturated carbocycles. The fraction of sp³-hybridized carbons (Fsp3) is 1.00. The van der Waals surface area contributed by atoms with Crippen molar-refractivity contribution in [3.8, 4) is 0 Å². The molecule has 0 aliphatic carbocycles. The highest BCUT2D eigenvalue weighted by Gasteiger charge is 2.24. The van der Waals surface area contributed by atoms with Crippen LogP contribution < -0.4 is 0 Å². The largest absolute Gasteiger partial charge is 0.378 e. The quantitative estimate of drug-likeness (QED) is 0.536. The van der Waals surface area contributed by atoms with Gasteiger partial charge in [0.1, 0.15) is 0 Å². The van der Waals surface area contributed by atoms with Gasteiger partial charge < -0.3 is 9.47 Å². The van der Waals surface area contributed by atoms with Crippen LogP contribution in [-0.2, 0) is 18.5 Å². The van der Waals surface area contributed by atoms with Crippen LogP contribution in [0.4, 0.5) is 0 Å². The molecule has 0 bridgehead atoms. The summed E-state index contributed by atoms with van der Waals surface area (Å²) in [4.78, 5) is 0. The van der Waals surface area contributed by atoms with Crippen LogP contribution >= 0.6 is 10.7 Å². The summed E-state index contributed by atoms with van der Waals surface area (Å²) in [5, 5.41) is 0. The second kappa shape index (κ2) is 7.68. The van der Waals surface area contributed by atoms with Gasteiger partial charge in [-0.3, -0.25) is 0 Å². The van der Waals surface area contributed by atoms with Crippen LogP contribution in [0, 0.1) is 0 Å². The minimum absolute atomic E-state index is 0.0554. The molecule has 18 heavy (non-hydrogen) atoms. The SMILES string of the molecule is CC1CC(OCCCCCS(=O)(=O)Cl)CC(C)O1. The lowest BCUT2D eigenvalue weighted by atomic mass is 10.0. The maximum absolute atomic E-state index is 10.7. The smallest absolute Gasteiger partial charge is 0.232 e. The van der Waals surface area contributed by atoms with E-state index in [0.29, 0.717) is 13.0 Å². The zero-order valence-corrected chi connectivity index (χ0v) is 12.7. The molecule has 108 valence electrons. The Kier molecular flexibility index (Phi) is 6.92. The maximum atomic E-state index is 10.7. The van der Waals surface area contributed by atoms with Gasteiger partial charge in [0.05, 0.1) is 24.1 Å². The molecule has 1 aliphatic rings. The monoisotopic (exact) mass is 298 g/mol. The molecule has 0 aromatic rings. The van der Waals surface area contributed by atoms with E-state index in [1.165, 1.54) is 0 Å². The molecule has 6 heteroatoms. The molecule has 2 unspecified atom stereocenters. The molecule has 0 N–H and O–H groups in total. The summed E-state index contributed by atoms with van der Waals surface area (Å²) >= 11 is 0. The van der Waals surface area contributed by atoms with Crippen LogP contribution in [0.1, 0.15) is 46.0 Å². The summed E-state index contributed by atoms with van der Waals surface area (Å²) in [6.45, 7) is 4.82. The van der Waals surface area contributed by atoms with Crippen LogP contribution in [0.15, 0.2) is 0 Å². The predicted molar refractivity (Wildman–Crippen MR) is 72.5 cm³/mol. The lowest BCUT2D eigenvalue weighted by Crippen LogP contribution is -2.34. The van der Waals surface area contributed by atoms with Gasteiger partial charge in [-0.1, -0.05) is 6.42 Å². The van der Waals surface area contributed by atoms with Crippen molar-refractivity contribution in [3.05, 3.63) is 0 Å². The molecule has 1 aliphatic heterocycles. The Morgan fingerprint density at radius 3 is 2.33 bits per heavy atom. The molecule has 1 fully saturated rings. The molecule has 0 amide bonds. The summed E-state index contributed by atoms with van der Waals surface area (Å²) in [7, 11) is 1.80. The number of hydrogen-bond donors (Lipinski definition) is 0. The van der Waals surface area contributed by atoms with E-state index in [1.54, 1.807) is 0 Å². The van der Waals surface area contributed by atoms with Gasteiger partial charge in [0.2, 0.25) is 9.05 Å². The molecule has 4 nitrogen and oxygen atoms in total. The summed E-state index contributed by atoms with van der Waals surface area (Å²) in [6, 6.07) is 0. The van der Waals surface area contributed by atoms with Gasteiger partial charge in [-0.2, -0.15) is 0 Å². The molecule has 0 aromatic heterocycles. The fourth-order valence-electron chi connectivity index (χ4n) is 2.28. The third-order valence-electron chi connectivity index (χ3n) is 3.04. The molecular formula is C12H23ClO4S. The van der Waals surface area contributed by atoms with Gasteiger partial charge in [0.25, 0.3) is 0 Å². The molecule has 0 radical (unpaired) electrons. The molecule has 2 atom stereocenters. The first kappa shape index (κ1) is 16.2. The van der Waals surface area contributed by atoms with Gasteiger partial charge in [-0.15, -0.1) is 0 Å². The van der Waals surface area contributed by atoms with Gasteiger partial charge in [-0.05, 0) is 39.5 Å². The third kappa shape index (κ3) is 7.56. The zero-order valence-electron chi connectivity index (χ0n) is 11.1. The highest BCUT2D eigenvalue weighted by atomic mass is 35.7. The van der Waals surface area contributed by atoms with Crippen LogP contribution in [0.5, 0.6) is 0 Å². The lowest BCUT2D eigenvalue weighted by molar-refractivity contribution is -0.102. The van der Waals surface area contributed by atoms with Crippen molar-refractivity contribution in [1.82, 2.24) is 0 Å². The van der Waals surface area contributed by atoms with E-state index in [4.69, 9.17) is 20.2 Å². The van der Waals surface area contributed by atoms with E-state index in [0.717, 1.165) is 25.7 Å². The van der Waals surface area contributed by atoms with Crippen molar-refractivity contribution in [1.29, 1.82) is 0 Å². The van der Waals surface area contributed by atoms with Crippen LogP contribution in [0.25, 0.3) is 0 Å². The number of ether oxygens (including phenoxy) is 2. The first-order valence-electron chi connectivity index (χ1n) is 6.56. The molecule has 1 saturated heterocycles. The Morgan fingerprint density at radius 1 is 1.17 bits per heavy atom. The van der Waals surface area contributed by atoms with E-state index in [-0.39, 0.29) is 24.1 Å². The van der Waals surface area contributed by atoms with Crippen molar-refractivity contribution in [2.45, 2.75) is 64.3 Å². The summed E-state index contributed by atoms with van der Waals surface area (Å²) in [5.41, 5.74) is 0. The second-order valence-electron chi connectivity index (χ2n) is 5.03.